The maximum Gasteiger partial charge on any atom is 0.179 e. The first-order valence-electron chi connectivity index (χ1n) is 14.4. The first-order chi connectivity index (χ1) is 20.2. The van der Waals surface area contributed by atoms with Gasteiger partial charge >= 0.3 is 0 Å². The van der Waals surface area contributed by atoms with Crippen molar-refractivity contribution in [3.05, 3.63) is 170 Å². The third-order valence-electron chi connectivity index (χ3n) is 7.97. The predicted octanol–water partition coefficient (Wildman–Crippen LogP) is 7.28. The zero-order chi connectivity index (χ0) is 28.1. The quantitative estimate of drug-likeness (QED) is 0.144. The lowest BCUT2D eigenvalue weighted by molar-refractivity contribution is 0.789. The normalized spacial score (nSPS) is 11.4. The number of benzene rings is 6. The van der Waals surface area contributed by atoms with E-state index >= 15 is 0 Å². The average Bonchev–Trinajstić information content (AvgIpc) is 3.04. The second kappa shape index (κ2) is 11.8. The Morgan fingerprint density at radius 3 is 1.07 bits per heavy atom. The van der Waals surface area contributed by atoms with Gasteiger partial charge in [0, 0.05) is 17.4 Å². The van der Waals surface area contributed by atoms with E-state index in [9.17, 15) is 0 Å². The summed E-state index contributed by atoms with van der Waals surface area (Å²) < 4.78 is 0. The van der Waals surface area contributed by atoms with Crippen LogP contribution in [0.3, 0.4) is 0 Å². The zero-order valence-corrected chi connectivity index (χ0v) is 24.7. The highest BCUT2D eigenvalue weighted by molar-refractivity contribution is 7.19. The van der Waals surface area contributed by atoms with Crippen LogP contribution < -0.4 is 25.6 Å². The van der Waals surface area contributed by atoms with Crippen LogP contribution >= 0.6 is 0 Å². The van der Waals surface area contributed by atoms with Gasteiger partial charge in [0.25, 0.3) is 0 Å². The molecule has 6 aromatic carbocycles. The second-order valence-corrected chi connectivity index (χ2v) is 14.6. The zero-order valence-electron chi connectivity index (χ0n) is 23.7. The summed E-state index contributed by atoms with van der Waals surface area (Å²) in [5.41, 5.74) is 4.87. The topological polar surface area (TPSA) is 3.24 Å². The fraction of sp³-hybridized carbons (Fsp3) is 0.0769. The molecule has 0 radical (unpaired) electrons. The molecule has 0 aliphatic rings. The van der Waals surface area contributed by atoms with Crippen molar-refractivity contribution < 1.29 is 0 Å². The van der Waals surface area contributed by atoms with Crippen LogP contribution in [-0.4, -0.2) is 14.1 Å². The van der Waals surface area contributed by atoms with Crippen molar-refractivity contribution in [2.45, 2.75) is 19.9 Å². The lowest BCUT2D eigenvalue weighted by Gasteiger charge is -2.35. The summed E-state index contributed by atoms with van der Waals surface area (Å²) >= 11 is 0. The van der Waals surface area contributed by atoms with Gasteiger partial charge in [0.15, 0.2) is 8.07 Å². The summed E-state index contributed by atoms with van der Waals surface area (Å²) in [6, 6.07) is 62.5. The molecule has 6 rings (SSSR count). The minimum Gasteiger partial charge on any atom is -0.339 e. The summed E-state index contributed by atoms with van der Waals surface area (Å²) in [6.07, 6.45) is 0. The Hall–Kier alpha value is -4.66. The average molecular weight is 546 g/mol. The molecule has 0 aliphatic carbocycles. The molecule has 0 atom stereocenters. The Labute approximate surface area is 245 Å². The molecule has 0 saturated heterocycles. The summed E-state index contributed by atoms with van der Waals surface area (Å²) in [5, 5.41) is 5.56. The molecule has 0 unspecified atom stereocenters. The monoisotopic (exact) mass is 545 g/mol. The molecule has 0 bridgehead atoms. The van der Waals surface area contributed by atoms with E-state index in [0.717, 1.165) is 0 Å². The maximum atomic E-state index is 2.43. The van der Waals surface area contributed by atoms with E-state index in [0.29, 0.717) is 6.04 Å². The third-order valence-corrected chi connectivity index (χ3v) is 12.8. The van der Waals surface area contributed by atoms with Gasteiger partial charge in [0.05, 0.1) is 0 Å². The van der Waals surface area contributed by atoms with Gasteiger partial charge in [0.1, 0.15) is 0 Å². The smallest absolute Gasteiger partial charge is 0.179 e. The second-order valence-electron chi connectivity index (χ2n) is 10.8. The van der Waals surface area contributed by atoms with Crippen molar-refractivity contribution in [2.75, 3.05) is 4.90 Å². The Balaban J connectivity index is 1.46. The highest BCUT2D eigenvalue weighted by atomic mass is 28.3. The molecule has 0 N–H and O–H groups in total. The van der Waals surface area contributed by atoms with Gasteiger partial charge in [-0.2, -0.15) is 0 Å². The van der Waals surface area contributed by atoms with Crippen LogP contribution in [0.5, 0.6) is 0 Å². The highest BCUT2D eigenvalue weighted by Crippen LogP contribution is 2.30. The van der Waals surface area contributed by atoms with Crippen molar-refractivity contribution in [1.29, 1.82) is 0 Å². The van der Waals surface area contributed by atoms with Crippen LogP contribution in [0.25, 0.3) is 11.1 Å². The summed E-state index contributed by atoms with van der Waals surface area (Å²) in [6.45, 7) is 4.52. The Morgan fingerprint density at radius 2 is 0.683 bits per heavy atom. The lowest BCUT2D eigenvalue weighted by atomic mass is 10.0. The van der Waals surface area contributed by atoms with Crippen LogP contribution in [0.2, 0.25) is 0 Å². The Bertz CT molecular complexity index is 1570. The maximum absolute atomic E-state index is 2.53. The number of hydrogen-bond donors (Lipinski definition) is 0. The van der Waals surface area contributed by atoms with E-state index in [1.54, 1.807) is 0 Å². The molecule has 0 saturated carbocycles. The number of anilines is 2. The van der Waals surface area contributed by atoms with E-state index in [1.165, 1.54) is 43.2 Å². The summed E-state index contributed by atoms with van der Waals surface area (Å²) in [5.74, 6) is 0. The van der Waals surface area contributed by atoms with Gasteiger partial charge in [-0.25, -0.2) is 0 Å². The van der Waals surface area contributed by atoms with E-state index in [4.69, 9.17) is 0 Å². The van der Waals surface area contributed by atoms with Gasteiger partial charge < -0.3 is 4.90 Å². The van der Waals surface area contributed by atoms with Gasteiger partial charge in [-0.15, -0.1) is 0 Å². The molecule has 6 aromatic rings. The number of rotatable bonds is 8. The van der Waals surface area contributed by atoms with Gasteiger partial charge in [-0.05, 0) is 70.0 Å². The summed E-state index contributed by atoms with van der Waals surface area (Å²) in [4.78, 5) is 2.43. The molecule has 0 aliphatic heterocycles. The number of hydrogen-bond acceptors (Lipinski definition) is 1. The molecule has 41 heavy (non-hydrogen) atoms. The van der Waals surface area contributed by atoms with Gasteiger partial charge in [0.2, 0.25) is 0 Å². The SMILES string of the molecule is CC(C)N(c1ccc(-c2ccccc2)cc1)c1ccc([Si](c2ccccc2)(c2ccccc2)c2ccccc2)cc1. The molecule has 0 fully saturated rings. The molecule has 0 heterocycles. The van der Waals surface area contributed by atoms with Gasteiger partial charge in [-0.1, -0.05) is 146 Å². The van der Waals surface area contributed by atoms with E-state index < -0.39 is 8.07 Å². The molecule has 2 heteroatoms. The van der Waals surface area contributed by atoms with E-state index in [-0.39, 0.29) is 0 Å². The molecule has 0 aromatic heterocycles. The van der Waals surface area contributed by atoms with Crippen LogP contribution in [0.1, 0.15) is 13.8 Å². The lowest BCUT2D eigenvalue weighted by Crippen LogP contribution is -2.74. The van der Waals surface area contributed by atoms with E-state index in [1.807, 2.05) is 0 Å². The minimum absolute atomic E-state index is 0.308. The fourth-order valence-corrected chi connectivity index (χ4v) is 10.9. The molecular weight excluding hydrogens is 511 g/mol. The van der Waals surface area contributed by atoms with Crippen molar-refractivity contribution in [2.24, 2.45) is 0 Å². The van der Waals surface area contributed by atoms with E-state index in [2.05, 4.69) is 189 Å². The molecular formula is C39H35NSi. The Kier molecular flexibility index (Phi) is 7.66. The Morgan fingerprint density at radius 1 is 0.366 bits per heavy atom. The van der Waals surface area contributed by atoms with Crippen molar-refractivity contribution >= 4 is 40.2 Å². The van der Waals surface area contributed by atoms with Crippen LogP contribution in [-0.2, 0) is 0 Å². The third kappa shape index (κ3) is 5.15. The van der Waals surface area contributed by atoms with Crippen LogP contribution in [0.4, 0.5) is 11.4 Å². The molecule has 0 spiro atoms. The van der Waals surface area contributed by atoms with Crippen LogP contribution in [0.15, 0.2) is 170 Å². The van der Waals surface area contributed by atoms with Gasteiger partial charge in [-0.3, -0.25) is 0 Å². The van der Waals surface area contributed by atoms with Crippen molar-refractivity contribution in [1.82, 2.24) is 0 Å². The van der Waals surface area contributed by atoms with Crippen molar-refractivity contribution in [3.63, 3.8) is 0 Å². The summed E-state index contributed by atoms with van der Waals surface area (Å²) in [7, 11) is -2.53. The standard InChI is InChI=1S/C39H35NSi/c1-31(2)40(34-25-23-33(24-26-34)32-15-7-3-8-16-32)35-27-29-39(30-28-35)41(36-17-9-4-10-18-36,37-19-11-5-12-20-37)38-21-13-6-14-22-38/h3-31H,1-2H3. The minimum atomic E-state index is -2.53. The first-order valence-corrected chi connectivity index (χ1v) is 16.4. The molecule has 0 amide bonds. The van der Waals surface area contributed by atoms with Crippen molar-refractivity contribution in [3.8, 4) is 11.1 Å². The first kappa shape index (κ1) is 26.6. The largest absolute Gasteiger partial charge is 0.339 e. The fourth-order valence-electron chi connectivity index (χ4n) is 6.13. The highest BCUT2D eigenvalue weighted by Gasteiger charge is 2.41. The number of nitrogens with zero attached hydrogens (tertiary/aromatic N) is 1. The van der Waals surface area contributed by atoms with Crippen LogP contribution in [0, 0.1) is 0 Å². The molecule has 1 nitrogen and oxygen atoms in total. The molecule has 200 valence electrons. The predicted molar refractivity (Wildman–Crippen MR) is 179 cm³/mol.